The number of aldehydes is 1. The fourth-order valence-corrected chi connectivity index (χ4v) is 3.45. The van der Waals surface area contributed by atoms with Crippen molar-refractivity contribution >= 4 is 26.0 Å². The summed E-state index contributed by atoms with van der Waals surface area (Å²) in [4.78, 5) is 15.1. The standard InChI is InChI=1S/C9H9O3.2CH3.Sn/c1-7(11)12-9-5-3-2-4-8(9)6-10;;;/h2-7,11H,1H2;2*1H3;. The summed E-state index contributed by atoms with van der Waals surface area (Å²) in [6, 6.07) is 6.92. The molecule has 1 radical (unpaired) electrons. The Bertz CT molecular complexity index is 325. The van der Waals surface area contributed by atoms with Gasteiger partial charge in [-0.1, -0.05) is 0 Å². The van der Waals surface area contributed by atoms with Gasteiger partial charge in [0.25, 0.3) is 0 Å². The van der Waals surface area contributed by atoms with E-state index in [0.29, 0.717) is 11.3 Å². The molecule has 3 nitrogen and oxygen atoms in total. The minimum atomic E-state index is -1.36. The van der Waals surface area contributed by atoms with Crippen molar-refractivity contribution in [1.29, 1.82) is 0 Å². The van der Waals surface area contributed by atoms with Gasteiger partial charge in [0.2, 0.25) is 0 Å². The van der Waals surface area contributed by atoms with Crippen molar-refractivity contribution < 1.29 is 14.6 Å². The molecule has 15 heavy (non-hydrogen) atoms. The molecule has 1 unspecified atom stereocenters. The van der Waals surface area contributed by atoms with Crippen LogP contribution in [0.25, 0.3) is 0 Å². The number of para-hydroxylation sites is 1. The monoisotopic (exact) mass is 315 g/mol. The third-order valence-corrected chi connectivity index (χ3v) is 5.22. The summed E-state index contributed by atoms with van der Waals surface area (Å²) >= 11 is -1.36. The van der Waals surface area contributed by atoms with Crippen LogP contribution < -0.4 is 4.74 Å². The van der Waals surface area contributed by atoms with Gasteiger partial charge in [0, 0.05) is 0 Å². The van der Waals surface area contributed by atoms with Gasteiger partial charge in [-0.15, -0.1) is 0 Å². The number of hydrogen-bond donors (Lipinski definition) is 1. The van der Waals surface area contributed by atoms with Gasteiger partial charge in [0.05, 0.1) is 0 Å². The molecular formula is C11H15O3Sn. The SMILES string of the molecule is [CH3][Sn]([CH3])[CH2]C(O)Oc1ccccc1C=O. The summed E-state index contributed by atoms with van der Waals surface area (Å²) in [5.41, 5.74) is 0.480. The number of rotatable bonds is 5. The maximum atomic E-state index is 10.7. The average Bonchev–Trinajstić information content (AvgIpc) is 2.17. The summed E-state index contributed by atoms with van der Waals surface area (Å²) < 4.78 is 6.07. The minimum absolute atomic E-state index is 0.463. The Hall–Kier alpha value is -0.551. The number of benzene rings is 1. The molecule has 0 bridgehead atoms. The van der Waals surface area contributed by atoms with Crippen LogP contribution in [0.1, 0.15) is 10.4 Å². The van der Waals surface area contributed by atoms with Gasteiger partial charge in [-0.25, -0.2) is 0 Å². The van der Waals surface area contributed by atoms with E-state index in [4.69, 9.17) is 4.74 Å². The van der Waals surface area contributed by atoms with Crippen molar-refractivity contribution in [2.24, 2.45) is 0 Å². The Morgan fingerprint density at radius 2 is 2.13 bits per heavy atom. The first-order chi connectivity index (χ1) is 7.13. The fraction of sp³-hybridized carbons (Fsp3) is 0.364. The van der Waals surface area contributed by atoms with Crippen LogP contribution in [0.3, 0.4) is 0 Å². The Kier molecular flexibility index (Phi) is 5.11. The molecule has 0 aromatic heterocycles. The first-order valence-electron chi connectivity index (χ1n) is 4.81. The first-order valence-corrected chi connectivity index (χ1v) is 12.5. The molecule has 1 aromatic rings. The predicted molar refractivity (Wildman–Crippen MR) is 60.8 cm³/mol. The molecule has 0 saturated heterocycles. The summed E-state index contributed by atoms with van der Waals surface area (Å²) in [6.07, 6.45) is -0.0323. The summed E-state index contributed by atoms with van der Waals surface area (Å²) in [5, 5.41) is 9.60. The number of carbonyl (C=O) groups is 1. The molecule has 0 aliphatic carbocycles. The Labute approximate surface area is 96.8 Å². The van der Waals surface area contributed by atoms with Crippen LogP contribution >= 0.6 is 0 Å². The van der Waals surface area contributed by atoms with Gasteiger partial charge >= 0.3 is 96.9 Å². The van der Waals surface area contributed by atoms with Gasteiger partial charge in [0.15, 0.2) is 0 Å². The number of ether oxygens (including phenoxy) is 1. The fourth-order valence-electron chi connectivity index (χ4n) is 1.22. The van der Waals surface area contributed by atoms with Crippen molar-refractivity contribution in [3.05, 3.63) is 29.8 Å². The van der Waals surface area contributed by atoms with E-state index >= 15 is 0 Å². The summed E-state index contributed by atoms with van der Waals surface area (Å²) in [6.45, 7) is 0. The van der Waals surface area contributed by atoms with Gasteiger partial charge in [-0.2, -0.15) is 0 Å². The topological polar surface area (TPSA) is 46.5 Å². The summed E-state index contributed by atoms with van der Waals surface area (Å²) in [5.74, 6) is 0.463. The molecule has 0 heterocycles. The first kappa shape index (κ1) is 12.5. The zero-order valence-electron chi connectivity index (χ0n) is 8.93. The van der Waals surface area contributed by atoms with Crippen molar-refractivity contribution in [2.45, 2.75) is 20.6 Å². The van der Waals surface area contributed by atoms with E-state index in [1.807, 2.05) is 0 Å². The molecule has 81 valence electrons. The molecule has 0 aliphatic heterocycles. The third-order valence-electron chi connectivity index (χ3n) is 1.89. The Morgan fingerprint density at radius 3 is 2.73 bits per heavy atom. The molecule has 1 N–H and O–H groups in total. The number of carbonyl (C=O) groups excluding carboxylic acids is 1. The molecule has 0 aliphatic rings. The molecule has 0 fully saturated rings. The molecule has 1 atom stereocenters. The third kappa shape index (κ3) is 4.22. The molecular weight excluding hydrogens is 299 g/mol. The molecule has 1 aromatic carbocycles. The van der Waals surface area contributed by atoms with Crippen molar-refractivity contribution in [2.75, 3.05) is 0 Å². The Morgan fingerprint density at radius 1 is 1.47 bits per heavy atom. The number of aliphatic hydroxyl groups is 1. The second-order valence-corrected chi connectivity index (χ2v) is 11.7. The quantitative estimate of drug-likeness (QED) is 0.513. The van der Waals surface area contributed by atoms with Gasteiger partial charge in [-0.3, -0.25) is 0 Å². The normalized spacial score (nSPS) is 12.5. The van der Waals surface area contributed by atoms with Crippen LogP contribution in [-0.4, -0.2) is 37.4 Å². The van der Waals surface area contributed by atoms with Crippen LogP contribution in [0.15, 0.2) is 24.3 Å². The summed E-state index contributed by atoms with van der Waals surface area (Å²) in [7, 11) is 0. The zero-order chi connectivity index (χ0) is 11.3. The Balaban J connectivity index is 2.67. The predicted octanol–water partition coefficient (Wildman–Crippen LogP) is 1.95. The number of hydrogen-bond acceptors (Lipinski definition) is 3. The van der Waals surface area contributed by atoms with Crippen molar-refractivity contribution in [3.8, 4) is 5.75 Å². The average molecular weight is 314 g/mol. The van der Waals surface area contributed by atoms with E-state index in [0.717, 1.165) is 10.7 Å². The van der Waals surface area contributed by atoms with Crippen LogP contribution in [0, 0.1) is 0 Å². The molecule has 1 rings (SSSR count). The van der Waals surface area contributed by atoms with E-state index in [9.17, 15) is 9.90 Å². The van der Waals surface area contributed by atoms with Crippen LogP contribution in [0.2, 0.25) is 14.3 Å². The maximum absolute atomic E-state index is 10.7. The molecule has 0 amide bonds. The zero-order valence-corrected chi connectivity index (χ0v) is 11.8. The second kappa shape index (κ2) is 6.12. The molecule has 0 saturated carbocycles. The van der Waals surface area contributed by atoms with E-state index in [1.54, 1.807) is 24.3 Å². The van der Waals surface area contributed by atoms with Crippen LogP contribution in [-0.2, 0) is 0 Å². The van der Waals surface area contributed by atoms with Crippen LogP contribution in [0.4, 0.5) is 0 Å². The van der Waals surface area contributed by atoms with Crippen molar-refractivity contribution in [1.82, 2.24) is 0 Å². The second-order valence-electron chi connectivity index (χ2n) is 3.64. The molecule has 4 heteroatoms. The van der Waals surface area contributed by atoms with E-state index in [-0.39, 0.29) is 0 Å². The van der Waals surface area contributed by atoms with Gasteiger partial charge in [-0.05, 0) is 0 Å². The van der Waals surface area contributed by atoms with E-state index in [1.165, 1.54) is 0 Å². The van der Waals surface area contributed by atoms with E-state index < -0.39 is 26.0 Å². The van der Waals surface area contributed by atoms with Crippen LogP contribution in [0.5, 0.6) is 5.75 Å². The van der Waals surface area contributed by atoms with Crippen molar-refractivity contribution in [3.63, 3.8) is 0 Å². The molecule has 0 spiro atoms. The van der Waals surface area contributed by atoms with E-state index in [2.05, 4.69) is 9.88 Å². The number of aliphatic hydroxyl groups excluding tert-OH is 1. The van der Waals surface area contributed by atoms with Gasteiger partial charge < -0.3 is 0 Å². The van der Waals surface area contributed by atoms with Gasteiger partial charge in [0.1, 0.15) is 0 Å².